The smallest absolute Gasteiger partial charge is 0.0801 e. The predicted octanol–water partition coefficient (Wildman–Crippen LogP) is 1.96. The minimum atomic E-state index is 0.180. The van der Waals surface area contributed by atoms with Crippen LogP contribution in [0.1, 0.15) is 42.8 Å². The van der Waals surface area contributed by atoms with Crippen molar-refractivity contribution in [1.82, 2.24) is 15.0 Å². The number of hydrogen-bond donors (Lipinski definition) is 2. The highest BCUT2D eigenvalue weighted by molar-refractivity contribution is 7.05. The number of hydrazine groups is 1. The summed E-state index contributed by atoms with van der Waals surface area (Å²) in [6.07, 6.45) is 5.94. The van der Waals surface area contributed by atoms with Crippen LogP contribution in [0, 0.1) is 0 Å². The molecule has 0 aliphatic heterocycles. The van der Waals surface area contributed by atoms with Crippen LogP contribution in [0.4, 0.5) is 0 Å². The van der Waals surface area contributed by atoms with E-state index >= 15 is 0 Å². The van der Waals surface area contributed by atoms with Crippen molar-refractivity contribution in [2.45, 2.75) is 38.6 Å². The van der Waals surface area contributed by atoms with Gasteiger partial charge in [0.1, 0.15) is 0 Å². The van der Waals surface area contributed by atoms with Gasteiger partial charge in [0, 0.05) is 0 Å². The molecule has 1 heterocycles. The number of nitrogens with zero attached hydrogens (tertiary/aromatic N) is 2. The van der Waals surface area contributed by atoms with Gasteiger partial charge in [0.15, 0.2) is 0 Å². The molecule has 1 unspecified atom stereocenters. The van der Waals surface area contributed by atoms with Crippen molar-refractivity contribution in [3.63, 3.8) is 0 Å². The Morgan fingerprint density at radius 1 is 1.67 bits per heavy atom. The van der Waals surface area contributed by atoms with Gasteiger partial charge in [-0.25, -0.2) is 0 Å². The summed E-state index contributed by atoms with van der Waals surface area (Å²) in [7, 11) is 0. The molecule has 5 heteroatoms. The molecule has 1 rings (SSSR count). The average Bonchev–Trinajstić information content (AvgIpc) is 2.72. The lowest BCUT2D eigenvalue weighted by Gasteiger charge is -2.13. The third-order valence-corrected chi connectivity index (χ3v) is 3.22. The van der Waals surface area contributed by atoms with Gasteiger partial charge in [-0.1, -0.05) is 17.5 Å². The Labute approximate surface area is 94.7 Å². The zero-order valence-corrected chi connectivity index (χ0v) is 9.89. The maximum atomic E-state index is 5.55. The molecule has 1 aromatic rings. The molecule has 0 bridgehead atoms. The van der Waals surface area contributed by atoms with Gasteiger partial charge in [0.25, 0.3) is 0 Å². The SMILES string of the molecule is C=CCCCC(NN)c1snnc1CC. The highest BCUT2D eigenvalue weighted by Crippen LogP contribution is 2.24. The molecule has 84 valence electrons. The second kappa shape index (κ2) is 6.66. The third kappa shape index (κ3) is 3.37. The van der Waals surface area contributed by atoms with E-state index in [-0.39, 0.29) is 6.04 Å². The predicted molar refractivity (Wildman–Crippen MR) is 63.4 cm³/mol. The summed E-state index contributed by atoms with van der Waals surface area (Å²) in [5.74, 6) is 5.55. The van der Waals surface area contributed by atoms with Gasteiger partial charge < -0.3 is 0 Å². The Bertz CT molecular complexity index is 297. The van der Waals surface area contributed by atoms with E-state index in [0.717, 1.165) is 31.4 Å². The van der Waals surface area contributed by atoms with Crippen LogP contribution >= 0.6 is 11.5 Å². The maximum Gasteiger partial charge on any atom is 0.0801 e. The first-order chi connectivity index (χ1) is 7.33. The first kappa shape index (κ1) is 12.3. The Kier molecular flexibility index (Phi) is 5.45. The molecule has 1 atom stereocenters. The van der Waals surface area contributed by atoms with Gasteiger partial charge >= 0.3 is 0 Å². The van der Waals surface area contributed by atoms with Crippen molar-refractivity contribution in [1.29, 1.82) is 0 Å². The number of allylic oxidation sites excluding steroid dienone is 1. The highest BCUT2D eigenvalue weighted by Gasteiger charge is 2.16. The number of unbranched alkanes of at least 4 members (excludes halogenated alkanes) is 1. The third-order valence-electron chi connectivity index (χ3n) is 2.34. The molecule has 0 aliphatic rings. The molecule has 0 spiro atoms. The van der Waals surface area contributed by atoms with E-state index in [0.29, 0.717) is 0 Å². The van der Waals surface area contributed by atoms with Crippen molar-refractivity contribution >= 4 is 11.5 Å². The molecule has 0 amide bonds. The highest BCUT2D eigenvalue weighted by atomic mass is 32.1. The van der Waals surface area contributed by atoms with Crippen LogP contribution in [0.15, 0.2) is 12.7 Å². The quantitative estimate of drug-likeness (QED) is 0.323. The Hall–Kier alpha value is -0.780. The van der Waals surface area contributed by atoms with Gasteiger partial charge in [0.2, 0.25) is 0 Å². The largest absolute Gasteiger partial charge is 0.271 e. The van der Waals surface area contributed by atoms with Crippen molar-refractivity contribution in [3.05, 3.63) is 23.2 Å². The molecule has 0 saturated heterocycles. The lowest BCUT2D eigenvalue weighted by Crippen LogP contribution is -2.28. The minimum absolute atomic E-state index is 0.180. The fourth-order valence-corrected chi connectivity index (χ4v) is 2.31. The minimum Gasteiger partial charge on any atom is -0.271 e. The van der Waals surface area contributed by atoms with E-state index in [9.17, 15) is 0 Å². The van der Waals surface area contributed by atoms with E-state index in [1.807, 2.05) is 6.08 Å². The van der Waals surface area contributed by atoms with Crippen LogP contribution in [-0.4, -0.2) is 9.59 Å². The normalized spacial score (nSPS) is 12.7. The summed E-state index contributed by atoms with van der Waals surface area (Å²) >= 11 is 1.44. The molecular formula is C10H18N4S. The number of hydrogen-bond acceptors (Lipinski definition) is 5. The van der Waals surface area contributed by atoms with Crippen LogP contribution in [-0.2, 0) is 6.42 Å². The Balaban J connectivity index is 2.60. The van der Waals surface area contributed by atoms with E-state index in [2.05, 4.69) is 28.5 Å². The average molecular weight is 226 g/mol. The van der Waals surface area contributed by atoms with Gasteiger partial charge in [-0.2, -0.15) is 0 Å². The summed E-state index contributed by atoms with van der Waals surface area (Å²) in [5.41, 5.74) is 3.89. The molecule has 15 heavy (non-hydrogen) atoms. The molecule has 0 saturated carbocycles. The van der Waals surface area contributed by atoms with Crippen molar-refractivity contribution in [2.24, 2.45) is 5.84 Å². The molecule has 0 aliphatic carbocycles. The first-order valence-electron chi connectivity index (χ1n) is 5.21. The number of aromatic nitrogens is 2. The van der Waals surface area contributed by atoms with Gasteiger partial charge in [-0.3, -0.25) is 11.3 Å². The second-order valence-electron chi connectivity index (χ2n) is 3.38. The molecular weight excluding hydrogens is 208 g/mol. The van der Waals surface area contributed by atoms with Gasteiger partial charge in [0.05, 0.1) is 16.6 Å². The number of nitrogens with two attached hydrogens (primary N) is 1. The van der Waals surface area contributed by atoms with Crippen LogP contribution in [0.5, 0.6) is 0 Å². The Morgan fingerprint density at radius 2 is 2.47 bits per heavy atom. The van der Waals surface area contributed by atoms with Gasteiger partial charge in [-0.15, -0.1) is 11.7 Å². The lowest BCUT2D eigenvalue weighted by molar-refractivity contribution is 0.504. The van der Waals surface area contributed by atoms with E-state index < -0.39 is 0 Å². The molecule has 1 aromatic heterocycles. The molecule has 4 nitrogen and oxygen atoms in total. The summed E-state index contributed by atoms with van der Waals surface area (Å²) in [6, 6.07) is 0.180. The number of rotatable bonds is 7. The van der Waals surface area contributed by atoms with Crippen LogP contribution in [0.3, 0.4) is 0 Å². The van der Waals surface area contributed by atoms with Crippen molar-refractivity contribution in [3.8, 4) is 0 Å². The molecule has 0 fully saturated rings. The molecule has 3 N–H and O–H groups in total. The van der Waals surface area contributed by atoms with E-state index in [4.69, 9.17) is 5.84 Å². The first-order valence-corrected chi connectivity index (χ1v) is 5.99. The zero-order chi connectivity index (χ0) is 11.1. The lowest BCUT2D eigenvalue weighted by atomic mass is 10.1. The second-order valence-corrected chi connectivity index (χ2v) is 4.16. The van der Waals surface area contributed by atoms with Gasteiger partial charge in [-0.05, 0) is 37.2 Å². The van der Waals surface area contributed by atoms with Crippen LogP contribution < -0.4 is 11.3 Å². The number of aryl methyl sites for hydroxylation is 1. The molecule has 0 radical (unpaired) electrons. The fourth-order valence-electron chi connectivity index (χ4n) is 1.48. The zero-order valence-electron chi connectivity index (χ0n) is 9.07. The maximum absolute atomic E-state index is 5.55. The summed E-state index contributed by atoms with van der Waals surface area (Å²) in [5, 5.41) is 4.08. The van der Waals surface area contributed by atoms with Crippen molar-refractivity contribution in [2.75, 3.05) is 0 Å². The molecule has 0 aromatic carbocycles. The van der Waals surface area contributed by atoms with E-state index in [1.54, 1.807) is 0 Å². The van der Waals surface area contributed by atoms with Crippen LogP contribution in [0.2, 0.25) is 0 Å². The monoisotopic (exact) mass is 226 g/mol. The van der Waals surface area contributed by atoms with Crippen molar-refractivity contribution < 1.29 is 0 Å². The fraction of sp³-hybridized carbons (Fsp3) is 0.600. The summed E-state index contributed by atoms with van der Waals surface area (Å²) in [4.78, 5) is 1.17. The summed E-state index contributed by atoms with van der Waals surface area (Å²) < 4.78 is 3.97. The standard InChI is InChI=1S/C10H18N4S/c1-3-5-6-7-9(12-11)10-8(4-2)13-14-15-10/h3,9,12H,1,4-7,11H2,2H3. The van der Waals surface area contributed by atoms with E-state index in [1.165, 1.54) is 16.4 Å². The van der Waals surface area contributed by atoms with Crippen LogP contribution in [0.25, 0.3) is 0 Å². The Morgan fingerprint density at radius 3 is 3.07 bits per heavy atom. The summed E-state index contributed by atoms with van der Waals surface area (Å²) in [6.45, 7) is 5.79. The number of nitrogens with one attached hydrogen (secondary N) is 1. The topological polar surface area (TPSA) is 63.8 Å².